The Labute approximate surface area is 108 Å². The molecule has 3 rings (SSSR count). The van der Waals surface area contributed by atoms with E-state index < -0.39 is 5.91 Å². The average Bonchev–Trinajstić information content (AvgIpc) is 2.80. The number of hydrogen-bond donors (Lipinski definition) is 2. The fourth-order valence-corrected chi connectivity index (χ4v) is 1.99. The van der Waals surface area contributed by atoms with E-state index in [1.807, 2.05) is 24.3 Å². The van der Waals surface area contributed by atoms with Crippen molar-refractivity contribution in [3.63, 3.8) is 0 Å². The zero-order valence-corrected chi connectivity index (χ0v) is 9.95. The van der Waals surface area contributed by atoms with Crippen molar-refractivity contribution in [1.82, 2.24) is 14.8 Å². The normalized spacial score (nSPS) is 10.7. The molecule has 2 aromatic heterocycles. The summed E-state index contributed by atoms with van der Waals surface area (Å²) in [6.07, 6.45) is 4.99. The van der Waals surface area contributed by atoms with Crippen molar-refractivity contribution in [2.75, 3.05) is 5.73 Å². The Morgan fingerprint density at radius 1 is 1.21 bits per heavy atom. The van der Waals surface area contributed by atoms with E-state index in [4.69, 9.17) is 11.5 Å². The van der Waals surface area contributed by atoms with Crippen LogP contribution in [0.4, 0.5) is 5.69 Å². The van der Waals surface area contributed by atoms with Crippen LogP contribution in [0, 0.1) is 0 Å². The SMILES string of the molecule is NC(=O)c1nn(-c2cncc3ccccc23)cc1N. The summed E-state index contributed by atoms with van der Waals surface area (Å²) >= 11 is 0. The van der Waals surface area contributed by atoms with Gasteiger partial charge >= 0.3 is 0 Å². The highest BCUT2D eigenvalue weighted by Gasteiger charge is 2.13. The molecule has 0 bridgehead atoms. The molecule has 6 heteroatoms. The molecule has 19 heavy (non-hydrogen) atoms. The van der Waals surface area contributed by atoms with E-state index in [1.54, 1.807) is 18.6 Å². The molecule has 0 radical (unpaired) electrons. The number of hydrogen-bond acceptors (Lipinski definition) is 4. The number of fused-ring (bicyclic) bond motifs is 1. The number of nitrogen functional groups attached to an aromatic ring is 1. The van der Waals surface area contributed by atoms with Crippen molar-refractivity contribution in [3.05, 3.63) is 48.5 Å². The van der Waals surface area contributed by atoms with E-state index in [0.29, 0.717) is 0 Å². The van der Waals surface area contributed by atoms with Gasteiger partial charge in [-0.2, -0.15) is 5.10 Å². The molecule has 94 valence electrons. The van der Waals surface area contributed by atoms with Gasteiger partial charge < -0.3 is 11.5 Å². The molecule has 0 aliphatic heterocycles. The summed E-state index contributed by atoms with van der Waals surface area (Å²) < 4.78 is 1.52. The minimum Gasteiger partial charge on any atom is -0.396 e. The second kappa shape index (κ2) is 4.09. The van der Waals surface area contributed by atoms with E-state index in [9.17, 15) is 4.79 Å². The molecular weight excluding hydrogens is 242 g/mol. The number of primary amides is 1. The van der Waals surface area contributed by atoms with Gasteiger partial charge in [-0.1, -0.05) is 24.3 Å². The van der Waals surface area contributed by atoms with E-state index >= 15 is 0 Å². The molecule has 0 unspecified atom stereocenters. The third-order valence-corrected chi connectivity index (χ3v) is 2.87. The number of nitrogens with two attached hydrogens (primary N) is 2. The van der Waals surface area contributed by atoms with Crippen LogP contribution in [0.15, 0.2) is 42.9 Å². The lowest BCUT2D eigenvalue weighted by Gasteiger charge is -2.05. The number of benzene rings is 1. The molecular formula is C13H11N5O. The lowest BCUT2D eigenvalue weighted by molar-refractivity contribution is 0.0996. The molecule has 0 spiro atoms. The van der Waals surface area contributed by atoms with Crippen molar-refractivity contribution in [1.29, 1.82) is 0 Å². The number of nitrogens with zero attached hydrogens (tertiary/aromatic N) is 3. The van der Waals surface area contributed by atoms with Crippen molar-refractivity contribution < 1.29 is 4.79 Å². The van der Waals surface area contributed by atoms with Gasteiger partial charge in [-0.3, -0.25) is 9.78 Å². The van der Waals surface area contributed by atoms with Gasteiger partial charge in [0.2, 0.25) is 0 Å². The fraction of sp³-hybridized carbons (Fsp3) is 0. The predicted molar refractivity (Wildman–Crippen MR) is 71.8 cm³/mol. The fourth-order valence-electron chi connectivity index (χ4n) is 1.99. The maximum Gasteiger partial charge on any atom is 0.271 e. The van der Waals surface area contributed by atoms with Crippen molar-refractivity contribution in [3.8, 4) is 5.69 Å². The van der Waals surface area contributed by atoms with Crippen molar-refractivity contribution >= 4 is 22.4 Å². The Balaban J connectivity index is 2.25. The molecule has 2 heterocycles. The molecule has 0 saturated carbocycles. The first-order valence-corrected chi connectivity index (χ1v) is 5.65. The summed E-state index contributed by atoms with van der Waals surface area (Å²) in [7, 11) is 0. The Bertz CT molecular complexity index is 772. The molecule has 3 aromatic rings. The number of carbonyl (C=O) groups is 1. The summed E-state index contributed by atoms with van der Waals surface area (Å²) in [4.78, 5) is 15.3. The van der Waals surface area contributed by atoms with Gasteiger partial charge in [0.1, 0.15) is 0 Å². The maximum absolute atomic E-state index is 11.2. The molecule has 0 aliphatic rings. The van der Waals surface area contributed by atoms with Crippen LogP contribution in [0.1, 0.15) is 10.5 Å². The van der Waals surface area contributed by atoms with E-state index in [1.165, 1.54) is 4.68 Å². The summed E-state index contributed by atoms with van der Waals surface area (Å²) in [6, 6.07) is 7.76. The van der Waals surface area contributed by atoms with Gasteiger partial charge in [-0.05, 0) is 0 Å². The molecule has 0 saturated heterocycles. The molecule has 1 aromatic carbocycles. The van der Waals surface area contributed by atoms with E-state index in [0.717, 1.165) is 16.5 Å². The second-order valence-electron chi connectivity index (χ2n) is 4.12. The summed E-state index contributed by atoms with van der Waals surface area (Å²) in [5, 5.41) is 6.06. The highest BCUT2D eigenvalue weighted by Crippen LogP contribution is 2.22. The van der Waals surface area contributed by atoms with Crippen molar-refractivity contribution in [2.45, 2.75) is 0 Å². The number of pyridine rings is 1. The predicted octanol–water partition coefficient (Wildman–Crippen LogP) is 1.10. The number of amides is 1. The first-order valence-electron chi connectivity index (χ1n) is 5.65. The standard InChI is InChI=1S/C13H11N5O/c14-10-7-18(17-12(10)13(15)19)11-6-16-5-8-3-1-2-4-9(8)11/h1-7H,14H2,(H2,15,19). The average molecular weight is 253 g/mol. The van der Waals surface area contributed by atoms with Gasteiger partial charge in [0, 0.05) is 17.0 Å². The summed E-state index contributed by atoms with van der Waals surface area (Å²) in [5.41, 5.74) is 12.0. The van der Waals surface area contributed by atoms with Gasteiger partial charge in [0.25, 0.3) is 5.91 Å². The lowest BCUT2D eigenvalue weighted by Crippen LogP contribution is -2.14. The number of rotatable bonds is 2. The minimum absolute atomic E-state index is 0.0629. The highest BCUT2D eigenvalue weighted by molar-refractivity contribution is 5.96. The Hall–Kier alpha value is -2.89. The maximum atomic E-state index is 11.2. The summed E-state index contributed by atoms with van der Waals surface area (Å²) in [6.45, 7) is 0. The van der Waals surface area contributed by atoms with E-state index in [2.05, 4.69) is 10.1 Å². The molecule has 4 N–H and O–H groups in total. The topological polar surface area (TPSA) is 99.8 Å². The van der Waals surface area contributed by atoms with Crippen LogP contribution in [0.2, 0.25) is 0 Å². The van der Waals surface area contributed by atoms with Gasteiger partial charge in [-0.25, -0.2) is 4.68 Å². The molecule has 0 atom stereocenters. The second-order valence-corrected chi connectivity index (χ2v) is 4.12. The monoisotopic (exact) mass is 253 g/mol. The van der Waals surface area contributed by atoms with Gasteiger partial charge in [0.15, 0.2) is 5.69 Å². The quantitative estimate of drug-likeness (QED) is 0.714. The van der Waals surface area contributed by atoms with Crippen LogP contribution < -0.4 is 11.5 Å². The van der Waals surface area contributed by atoms with Crippen LogP contribution >= 0.6 is 0 Å². The number of anilines is 1. The van der Waals surface area contributed by atoms with Gasteiger partial charge in [0.05, 0.1) is 23.8 Å². The lowest BCUT2D eigenvalue weighted by atomic mass is 10.1. The Morgan fingerprint density at radius 3 is 2.74 bits per heavy atom. The Morgan fingerprint density at radius 2 is 2.00 bits per heavy atom. The van der Waals surface area contributed by atoms with Crippen LogP contribution in [-0.4, -0.2) is 20.7 Å². The third kappa shape index (κ3) is 1.79. The van der Waals surface area contributed by atoms with Crippen molar-refractivity contribution in [2.24, 2.45) is 5.73 Å². The van der Waals surface area contributed by atoms with E-state index in [-0.39, 0.29) is 11.4 Å². The first-order chi connectivity index (χ1) is 9.16. The van der Waals surface area contributed by atoms with Crippen LogP contribution in [0.3, 0.4) is 0 Å². The Kier molecular flexibility index (Phi) is 2.42. The highest BCUT2D eigenvalue weighted by atomic mass is 16.1. The zero-order chi connectivity index (χ0) is 13.4. The minimum atomic E-state index is -0.649. The molecule has 0 fully saturated rings. The smallest absolute Gasteiger partial charge is 0.271 e. The zero-order valence-electron chi connectivity index (χ0n) is 9.95. The molecule has 1 amide bonds. The largest absolute Gasteiger partial charge is 0.396 e. The molecule has 0 aliphatic carbocycles. The third-order valence-electron chi connectivity index (χ3n) is 2.87. The number of carbonyl (C=O) groups excluding carboxylic acids is 1. The van der Waals surface area contributed by atoms with Gasteiger partial charge in [-0.15, -0.1) is 0 Å². The first kappa shape index (κ1) is 11.2. The molecule has 6 nitrogen and oxygen atoms in total. The van der Waals surface area contributed by atoms with Crippen LogP contribution in [0.25, 0.3) is 16.5 Å². The van der Waals surface area contributed by atoms with Crippen LogP contribution in [0.5, 0.6) is 0 Å². The van der Waals surface area contributed by atoms with Crippen LogP contribution in [-0.2, 0) is 0 Å². The number of aromatic nitrogens is 3. The summed E-state index contributed by atoms with van der Waals surface area (Å²) in [5.74, 6) is -0.649.